The lowest BCUT2D eigenvalue weighted by atomic mass is 9.66. The molecule has 40 heavy (non-hydrogen) atoms. The first-order chi connectivity index (χ1) is 19.0. The maximum atomic E-state index is 13.4. The monoisotopic (exact) mass is 599 g/mol. The van der Waals surface area contributed by atoms with Crippen LogP contribution in [0.2, 0.25) is 5.02 Å². The van der Waals surface area contributed by atoms with Gasteiger partial charge in [0, 0.05) is 12.1 Å². The molecule has 13 heteroatoms. The molecule has 0 amide bonds. The number of carboxylic acids is 1. The molecular formula is C27H25ClF3NO7S. The molecule has 1 aromatic heterocycles. The minimum atomic E-state index is -4.62. The number of fused-ring (bicyclic) bond motifs is 1. The fourth-order valence-corrected chi connectivity index (χ4v) is 6.50. The Kier molecular flexibility index (Phi) is 7.97. The molecule has 5 rings (SSSR count). The van der Waals surface area contributed by atoms with Crippen LogP contribution < -0.4 is 15.5 Å². The van der Waals surface area contributed by atoms with E-state index in [1.54, 1.807) is 6.07 Å². The fourth-order valence-electron chi connectivity index (χ4n) is 5.42. The SMILES string of the molecule is O=C(O)C1CC(NCCCOc2cc(C(F)(F)F)ccc2-c2cc(=O)c3cccc(Cl)c3o2)C1C1CC1S(=O)O. The van der Waals surface area contributed by atoms with Gasteiger partial charge in [-0.25, -0.2) is 4.21 Å². The maximum Gasteiger partial charge on any atom is 0.416 e. The Morgan fingerprint density at radius 3 is 2.65 bits per heavy atom. The summed E-state index contributed by atoms with van der Waals surface area (Å²) in [6.45, 7) is 0.411. The predicted octanol–water partition coefficient (Wildman–Crippen LogP) is 5.19. The number of carboxylic acid groups (broad SMARTS) is 1. The number of hydrogen-bond donors (Lipinski definition) is 3. The maximum absolute atomic E-state index is 13.4. The summed E-state index contributed by atoms with van der Waals surface area (Å²) in [6, 6.07) is 8.60. The Morgan fingerprint density at radius 1 is 1.20 bits per heavy atom. The number of ether oxygens (including phenoxy) is 1. The summed E-state index contributed by atoms with van der Waals surface area (Å²) in [5, 5.41) is 12.7. The zero-order valence-electron chi connectivity index (χ0n) is 20.8. The van der Waals surface area contributed by atoms with Crippen molar-refractivity contribution >= 4 is 39.6 Å². The molecule has 2 aromatic carbocycles. The number of carbonyl (C=O) groups is 1. The minimum absolute atomic E-state index is 0.00438. The molecule has 0 radical (unpaired) electrons. The number of hydrogen-bond acceptors (Lipinski definition) is 6. The van der Waals surface area contributed by atoms with Gasteiger partial charge in [0.15, 0.2) is 22.1 Å². The van der Waals surface area contributed by atoms with Crippen molar-refractivity contribution in [3.63, 3.8) is 0 Å². The molecule has 214 valence electrons. The summed E-state index contributed by atoms with van der Waals surface area (Å²) in [5.41, 5.74) is -1.08. The van der Waals surface area contributed by atoms with Gasteiger partial charge in [-0.05, 0) is 68.0 Å². The van der Waals surface area contributed by atoms with Crippen LogP contribution in [0.3, 0.4) is 0 Å². The lowest BCUT2D eigenvalue weighted by Crippen LogP contribution is -2.55. The second-order valence-electron chi connectivity index (χ2n) is 10.0. The second kappa shape index (κ2) is 11.2. The quantitative estimate of drug-likeness (QED) is 0.215. The highest BCUT2D eigenvalue weighted by atomic mass is 35.5. The van der Waals surface area contributed by atoms with Crippen LogP contribution >= 0.6 is 11.6 Å². The fraction of sp³-hybridized carbons (Fsp3) is 0.407. The van der Waals surface area contributed by atoms with Gasteiger partial charge in [0.25, 0.3) is 0 Å². The Morgan fingerprint density at radius 2 is 1.98 bits per heavy atom. The number of para-hydroxylation sites is 1. The molecule has 2 aliphatic rings. The molecule has 8 nitrogen and oxygen atoms in total. The molecule has 2 aliphatic carbocycles. The number of benzene rings is 2. The average molecular weight is 600 g/mol. The van der Waals surface area contributed by atoms with Crippen LogP contribution in [0.5, 0.6) is 5.75 Å². The van der Waals surface area contributed by atoms with Crippen molar-refractivity contribution in [1.29, 1.82) is 0 Å². The Hall–Kier alpha value is -2.93. The van der Waals surface area contributed by atoms with Crippen molar-refractivity contribution < 1.29 is 41.0 Å². The summed E-state index contributed by atoms with van der Waals surface area (Å²) in [5.74, 6) is -2.01. The minimum Gasteiger partial charge on any atom is -0.493 e. The van der Waals surface area contributed by atoms with E-state index in [0.29, 0.717) is 25.8 Å². The number of halogens is 4. The lowest BCUT2D eigenvalue weighted by Gasteiger charge is -2.43. The molecule has 0 spiro atoms. The van der Waals surface area contributed by atoms with E-state index in [9.17, 15) is 36.6 Å². The van der Waals surface area contributed by atoms with Gasteiger partial charge in [-0.3, -0.25) is 9.59 Å². The molecule has 2 fully saturated rings. The van der Waals surface area contributed by atoms with Gasteiger partial charge in [0.1, 0.15) is 11.5 Å². The first-order valence-electron chi connectivity index (χ1n) is 12.6. The van der Waals surface area contributed by atoms with E-state index in [2.05, 4.69) is 5.32 Å². The van der Waals surface area contributed by atoms with Gasteiger partial charge in [0.2, 0.25) is 0 Å². The summed E-state index contributed by atoms with van der Waals surface area (Å²) >= 11 is 4.19. The van der Waals surface area contributed by atoms with E-state index in [1.165, 1.54) is 24.3 Å². The van der Waals surface area contributed by atoms with Gasteiger partial charge in [-0.1, -0.05) is 17.7 Å². The van der Waals surface area contributed by atoms with E-state index < -0.39 is 45.4 Å². The molecule has 0 aliphatic heterocycles. The van der Waals surface area contributed by atoms with Gasteiger partial charge in [0.05, 0.1) is 39.3 Å². The van der Waals surface area contributed by atoms with Gasteiger partial charge in [-0.15, -0.1) is 0 Å². The molecule has 2 saturated carbocycles. The van der Waals surface area contributed by atoms with E-state index in [1.807, 2.05) is 0 Å². The van der Waals surface area contributed by atoms with E-state index >= 15 is 0 Å². The van der Waals surface area contributed by atoms with Crippen LogP contribution in [0.4, 0.5) is 13.2 Å². The van der Waals surface area contributed by atoms with E-state index in [4.69, 9.17) is 20.8 Å². The summed E-state index contributed by atoms with van der Waals surface area (Å²) in [6.07, 6.45) is -3.34. The Labute approximate surface area is 233 Å². The van der Waals surface area contributed by atoms with Crippen LogP contribution in [-0.2, 0) is 22.1 Å². The first kappa shape index (κ1) is 28.6. The average Bonchev–Trinajstić information content (AvgIpc) is 3.65. The highest BCUT2D eigenvalue weighted by molar-refractivity contribution is 7.80. The molecule has 3 aromatic rings. The summed E-state index contributed by atoms with van der Waals surface area (Å²) < 4.78 is 72.6. The van der Waals surface area contributed by atoms with Crippen LogP contribution in [0.25, 0.3) is 22.3 Å². The topological polar surface area (TPSA) is 126 Å². The molecule has 6 atom stereocenters. The van der Waals surface area contributed by atoms with Crippen LogP contribution in [0, 0.1) is 17.8 Å². The summed E-state index contributed by atoms with van der Waals surface area (Å²) in [4.78, 5) is 24.2. The highest BCUT2D eigenvalue weighted by Gasteiger charge is 2.58. The standard InChI is InChI=1S/C27H25ClF3NO7S/c28-18-4-1-3-14-20(33)12-22(39-25(14)18)15-6-5-13(27(29,30)31)9-21(15)38-8-2-7-32-19-10-17(26(34)35)24(19)16-11-23(16)40(36)37/h1,3-6,9,12,16-17,19,23-24,32H,2,7-8,10-11H2,(H,34,35)(H,36,37). The number of aliphatic carboxylic acids is 1. The van der Waals surface area contributed by atoms with Crippen LogP contribution in [-0.4, -0.2) is 44.3 Å². The van der Waals surface area contributed by atoms with Crippen molar-refractivity contribution in [2.45, 2.75) is 36.7 Å². The van der Waals surface area contributed by atoms with Crippen molar-refractivity contribution in [3.8, 4) is 17.1 Å². The highest BCUT2D eigenvalue weighted by Crippen LogP contribution is 2.52. The molecule has 6 unspecified atom stereocenters. The third-order valence-electron chi connectivity index (χ3n) is 7.55. The Bertz CT molecular complexity index is 1530. The zero-order valence-corrected chi connectivity index (χ0v) is 22.4. The molecule has 0 saturated heterocycles. The molecule has 1 heterocycles. The van der Waals surface area contributed by atoms with Crippen molar-refractivity contribution in [2.75, 3.05) is 13.2 Å². The lowest BCUT2D eigenvalue weighted by molar-refractivity contribution is -0.150. The van der Waals surface area contributed by atoms with E-state index in [0.717, 1.165) is 12.1 Å². The summed E-state index contributed by atoms with van der Waals surface area (Å²) in [7, 11) is 0. The van der Waals surface area contributed by atoms with Crippen LogP contribution in [0.1, 0.15) is 24.8 Å². The smallest absolute Gasteiger partial charge is 0.416 e. The van der Waals surface area contributed by atoms with Gasteiger partial charge in [-0.2, -0.15) is 13.2 Å². The molecular weight excluding hydrogens is 575 g/mol. The Balaban J connectivity index is 1.28. The molecule has 3 N–H and O–H groups in total. The second-order valence-corrected chi connectivity index (χ2v) is 11.6. The number of alkyl halides is 3. The third kappa shape index (κ3) is 5.76. The van der Waals surface area contributed by atoms with Crippen LogP contribution in [0.15, 0.2) is 51.7 Å². The first-order valence-corrected chi connectivity index (χ1v) is 14.1. The predicted molar refractivity (Wildman–Crippen MR) is 142 cm³/mol. The normalized spacial score (nSPS) is 24.9. The largest absolute Gasteiger partial charge is 0.493 e. The van der Waals surface area contributed by atoms with E-state index in [-0.39, 0.29) is 57.5 Å². The zero-order chi connectivity index (χ0) is 28.8. The third-order valence-corrected chi connectivity index (χ3v) is 8.91. The number of nitrogens with one attached hydrogen (secondary N) is 1. The van der Waals surface area contributed by atoms with Gasteiger partial charge < -0.3 is 24.1 Å². The van der Waals surface area contributed by atoms with Crippen molar-refractivity contribution in [1.82, 2.24) is 5.32 Å². The number of rotatable bonds is 10. The van der Waals surface area contributed by atoms with Gasteiger partial charge >= 0.3 is 12.1 Å². The van der Waals surface area contributed by atoms with Crippen molar-refractivity contribution in [3.05, 3.63) is 63.3 Å². The molecule has 0 bridgehead atoms. The van der Waals surface area contributed by atoms with Crippen molar-refractivity contribution in [2.24, 2.45) is 17.8 Å².